The lowest BCUT2D eigenvalue weighted by Crippen LogP contribution is -2.07. The van der Waals surface area contributed by atoms with Crippen LogP contribution in [0.15, 0.2) is 55.1 Å². The second kappa shape index (κ2) is 4.32. The van der Waals surface area contributed by atoms with E-state index in [1.807, 2.05) is 42.9 Å². The van der Waals surface area contributed by atoms with Gasteiger partial charge in [0, 0.05) is 22.5 Å². The summed E-state index contributed by atoms with van der Waals surface area (Å²) in [4.78, 5) is 8.35. The Morgan fingerprint density at radius 1 is 1.05 bits per heavy atom. The van der Waals surface area contributed by atoms with Crippen LogP contribution in [-0.4, -0.2) is 14.4 Å². The highest BCUT2D eigenvalue weighted by atomic mass is 35.5. The second-order valence-electron chi connectivity index (χ2n) is 4.61. The topological polar surface area (TPSA) is 30.2 Å². The average molecular weight is 280 g/mol. The zero-order chi connectivity index (χ0) is 13.5. The van der Waals surface area contributed by atoms with Gasteiger partial charge in [0.05, 0.1) is 23.4 Å². The van der Waals surface area contributed by atoms with Crippen LogP contribution in [0, 0.1) is 0 Å². The Balaban J connectivity index is 2.17. The molecule has 0 saturated carbocycles. The molecule has 1 aromatic carbocycles. The van der Waals surface area contributed by atoms with Crippen LogP contribution < -0.4 is 5.35 Å². The van der Waals surface area contributed by atoms with E-state index in [4.69, 9.17) is 11.6 Å². The fourth-order valence-corrected chi connectivity index (χ4v) is 2.72. The van der Waals surface area contributed by atoms with Crippen molar-refractivity contribution in [2.75, 3.05) is 0 Å². The molecule has 0 spiro atoms. The molecule has 3 nitrogen and oxygen atoms in total. The van der Waals surface area contributed by atoms with Crippen molar-refractivity contribution >= 4 is 34.0 Å². The highest BCUT2D eigenvalue weighted by Gasteiger charge is 2.07. The van der Waals surface area contributed by atoms with Crippen LogP contribution in [0.2, 0.25) is 5.15 Å². The summed E-state index contributed by atoms with van der Waals surface area (Å²) in [6.45, 7) is 0. The molecule has 0 aliphatic carbocycles. The number of halogens is 1. The lowest BCUT2D eigenvalue weighted by molar-refractivity contribution is 1.14. The molecule has 0 unspecified atom stereocenters. The standard InChI is InChI=1S/C16H10ClN3/c17-16-11(4-3-7-19-16)8-14-12-5-1-2-6-13(12)15-9-18-10-20(14)15/h1-10H/b14-8-. The molecule has 3 heterocycles. The van der Waals surface area contributed by atoms with Crippen molar-refractivity contribution in [3.63, 3.8) is 0 Å². The molecule has 0 fully saturated rings. The molecule has 0 bridgehead atoms. The predicted octanol–water partition coefficient (Wildman–Crippen LogP) is 3.08. The fraction of sp³-hybridized carbons (Fsp3) is 0. The largest absolute Gasteiger partial charge is 0.298 e. The summed E-state index contributed by atoms with van der Waals surface area (Å²) in [7, 11) is 0. The molecular formula is C16H10ClN3. The van der Waals surface area contributed by atoms with Gasteiger partial charge in [0.15, 0.2) is 0 Å². The number of benzene rings is 1. The SMILES string of the molecule is Clc1ncccc1/C=c1/c2ccccc2c2cncn12. The van der Waals surface area contributed by atoms with Gasteiger partial charge >= 0.3 is 0 Å². The van der Waals surface area contributed by atoms with Gasteiger partial charge in [0.1, 0.15) is 5.15 Å². The molecule has 0 aliphatic heterocycles. The third kappa shape index (κ3) is 1.60. The molecule has 0 aliphatic rings. The van der Waals surface area contributed by atoms with Crippen molar-refractivity contribution in [3.8, 4) is 0 Å². The van der Waals surface area contributed by atoms with Crippen LogP contribution in [0.5, 0.6) is 0 Å². The molecule has 96 valence electrons. The molecule has 20 heavy (non-hydrogen) atoms. The maximum Gasteiger partial charge on any atom is 0.136 e. The second-order valence-corrected chi connectivity index (χ2v) is 4.97. The smallest absolute Gasteiger partial charge is 0.136 e. The normalized spacial score (nSPS) is 12.6. The predicted molar refractivity (Wildman–Crippen MR) is 80.7 cm³/mol. The van der Waals surface area contributed by atoms with Crippen molar-refractivity contribution in [2.24, 2.45) is 0 Å². The minimum absolute atomic E-state index is 0.506. The van der Waals surface area contributed by atoms with Gasteiger partial charge in [-0.25, -0.2) is 9.97 Å². The summed E-state index contributed by atoms with van der Waals surface area (Å²) >= 11 is 6.15. The van der Waals surface area contributed by atoms with Crippen LogP contribution in [0.3, 0.4) is 0 Å². The maximum atomic E-state index is 6.15. The van der Waals surface area contributed by atoms with Crippen LogP contribution in [-0.2, 0) is 0 Å². The van der Waals surface area contributed by atoms with Gasteiger partial charge in [-0.3, -0.25) is 4.40 Å². The molecule has 4 heteroatoms. The van der Waals surface area contributed by atoms with Crippen LogP contribution in [0.4, 0.5) is 0 Å². The lowest BCUT2D eigenvalue weighted by Gasteiger charge is -1.95. The molecule has 4 rings (SSSR count). The van der Waals surface area contributed by atoms with Gasteiger partial charge in [-0.1, -0.05) is 41.9 Å². The van der Waals surface area contributed by atoms with E-state index in [0.717, 1.165) is 16.4 Å². The first-order valence-corrected chi connectivity index (χ1v) is 6.67. The van der Waals surface area contributed by atoms with Crippen LogP contribution >= 0.6 is 11.6 Å². The monoisotopic (exact) mass is 279 g/mol. The van der Waals surface area contributed by atoms with Crippen molar-refractivity contribution < 1.29 is 0 Å². The molecule has 4 aromatic rings. The van der Waals surface area contributed by atoms with Crippen molar-refractivity contribution in [1.29, 1.82) is 0 Å². The van der Waals surface area contributed by atoms with Crippen LogP contribution in [0.1, 0.15) is 5.56 Å². The fourth-order valence-electron chi connectivity index (χ4n) is 2.55. The molecule has 0 radical (unpaired) electrons. The van der Waals surface area contributed by atoms with Crippen molar-refractivity contribution in [1.82, 2.24) is 14.4 Å². The third-order valence-electron chi connectivity index (χ3n) is 3.46. The first-order chi connectivity index (χ1) is 9.84. The summed E-state index contributed by atoms with van der Waals surface area (Å²) in [5.41, 5.74) is 2.01. The zero-order valence-electron chi connectivity index (χ0n) is 10.5. The summed E-state index contributed by atoms with van der Waals surface area (Å²) in [6.07, 6.45) is 7.44. The Kier molecular flexibility index (Phi) is 2.47. The van der Waals surface area contributed by atoms with E-state index in [-0.39, 0.29) is 0 Å². The van der Waals surface area contributed by atoms with E-state index in [9.17, 15) is 0 Å². The number of hydrogen-bond acceptors (Lipinski definition) is 2. The Morgan fingerprint density at radius 3 is 2.75 bits per heavy atom. The summed E-state index contributed by atoms with van der Waals surface area (Å²) in [6, 6.07) is 12.1. The van der Waals surface area contributed by atoms with Gasteiger partial charge in [-0.15, -0.1) is 0 Å². The third-order valence-corrected chi connectivity index (χ3v) is 3.77. The highest BCUT2D eigenvalue weighted by Crippen LogP contribution is 2.19. The van der Waals surface area contributed by atoms with Crippen molar-refractivity contribution in [2.45, 2.75) is 0 Å². The van der Waals surface area contributed by atoms with E-state index in [2.05, 4.69) is 26.5 Å². The molecule has 0 atom stereocenters. The summed E-state index contributed by atoms with van der Waals surface area (Å²) < 4.78 is 2.08. The minimum Gasteiger partial charge on any atom is -0.298 e. The molecular weight excluding hydrogens is 270 g/mol. The van der Waals surface area contributed by atoms with Crippen molar-refractivity contribution in [3.05, 3.63) is 71.2 Å². The number of aromatic nitrogens is 3. The molecule has 0 amide bonds. The Bertz CT molecular complexity index is 972. The Hall–Kier alpha value is -2.39. The van der Waals surface area contributed by atoms with Gasteiger partial charge < -0.3 is 0 Å². The van der Waals surface area contributed by atoms with Crippen LogP contribution in [0.25, 0.3) is 22.4 Å². The average Bonchev–Trinajstić information content (AvgIpc) is 3.04. The quantitative estimate of drug-likeness (QED) is 0.501. The molecule has 0 N–H and O–H groups in total. The van der Waals surface area contributed by atoms with Gasteiger partial charge in [-0.2, -0.15) is 0 Å². The number of nitrogens with zero attached hydrogens (tertiary/aromatic N) is 3. The Labute approximate surface area is 120 Å². The van der Waals surface area contributed by atoms with E-state index in [1.54, 1.807) is 6.20 Å². The van der Waals surface area contributed by atoms with Gasteiger partial charge in [-0.05, 0) is 12.1 Å². The number of rotatable bonds is 1. The summed E-state index contributed by atoms with van der Waals surface area (Å²) in [5, 5.41) is 3.95. The lowest BCUT2D eigenvalue weighted by atomic mass is 10.2. The first-order valence-electron chi connectivity index (χ1n) is 6.29. The zero-order valence-corrected chi connectivity index (χ0v) is 11.2. The van der Waals surface area contributed by atoms with E-state index in [0.29, 0.717) is 5.15 Å². The number of pyridine rings is 1. The number of fused-ring (bicyclic) bond motifs is 3. The summed E-state index contributed by atoms with van der Waals surface area (Å²) in [5.74, 6) is 0. The molecule has 0 saturated heterocycles. The molecule has 3 aromatic heterocycles. The number of hydrogen-bond donors (Lipinski definition) is 0. The Morgan fingerprint density at radius 2 is 1.90 bits per heavy atom. The number of imidazole rings is 1. The maximum absolute atomic E-state index is 6.15. The highest BCUT2D eigenvalue weighted by molar-refractivity contribution is 6.30. The van der Waals surface area contributed by atoms with E-state index in [1.165, 1.54) is 10.8 Å². The van der Waals surface area contributed by atoms with Gasteiger partial charge in [0.2, 0.25) is 0 Å². The first kappa shape index (κ1) is 11.4. The van der Waals surface area contributed by atoms with E-state index >= 15 is 0 Å². The van der Waals surface area contributed by atoms with E-state index < -0.39 is 0 Å². The minimum atomic E-state index is 0.506. The van der Waals surface area contributed by atoms with Gasteiger partial charge in [0.25, 0.3) is 0 Å².